The molecule has 1 heterocycles. The highest BCUT2D eigenvalue weighted by atomic mass is 32.1. The van der Waals surface area contributed by atoms with Gasteiger partial charge in [-0.25, -0.2) is 0 Å². The average Bonchev–Trinajstić information content (AvgIpc) is 2.81. The summed E-state index contributed by atoms with van der Waals surface area (Å²) in [6.45, 7) is 4.81. The standard InChI is InChI=1S/C13H19NO3S/c1-9(2)8-14-10(5-6-12(15)16)13(17)11-4-3-7-18-11/h3-4,7,9-10,14H,5-6,8H2,1-2H3,(H,15,16). The molecule has 18 heavy (non-hydrogen) atoms. The van der Waals surface area contributed by atoms with E-state index in [0.717, 1.165) is 0 Å². The molecule has 0 aromatic carbocycles. The predicted molar refractivity (Wildman–Crippen MR) is 72.1 cm³/mol. The van der Waals surface area contributed by atoms with Crippen molar-refractivity contribution < 1.29 is 14.7 Å². The number of carboxylic acids is 1. The first-order valence-corrected chi connectivity index (χ1v) is 6.91. The van der Waals surface area contributed by atoms with Gasteiger partial charge in [-0.15, -0.1) is 11.3 Å². The summed E-state index contributed by atoms with van der Waals surface area (Å²) in [6.07, 6.45) is 0.339. The van der Waals surface area contributed by atoms with Gasteiger partial charge < -0.3 is 10.4 Å². The number of hydrogen-bond donors (Lipinski definition) is 2. The molecule has 0 saturated heterocycles. The van der Waals surface area contributed by atoms with Gasteiger partial charge in [0, 0.05) is 6.42 Å². The molecule has 1 rings (SSSR count). The fraction of sp³-hybridized carbons (Fsp3) is 0.538. The maximum absolute atomic E-state index is 12.2. The third-order valence-electron chi connectivity index (χ3n) is 2.50. The van der Waals surface area contributed by atoms with Crippen LogP contribution in [0, 0.1) is 5.92 Å². The van der Waals surface area contributed by atoms with Crippen LogP contribution in [0.3, 0.4) is 0 Å². The van der Waals surface area contributed by atoms with Crippen molar-refractivity contribution in [2.24, 2.45) is 5.92 Å². The predicted octanol–water partition coefficient (Wildman–Crippen LogP) is 2.41. The smallest absolute Gasteiger partial charge is 0.303 e. The van der Waals surface area contributed by atoms with Crippen molar-refractivity contribution in [1.29, 1.82) is 0 Å². The number of thiophene rings is 1. The summed E-state index contributed by atoms with van der Waals surface area (Å²) in [5, 5.41) is 13.7. The van der Waals surface area contributed by atoms with Crippen LogP contribution in [0.25, 0.3) is 0 Å². The summed E-state index contributed by atoms with van der Waals surface area (Å²) in [5.41, 5.74) is 0. The van der Waals surface area contributed by atoms with Gasteiger partial charge in [-0.3, -0.25) is 9.59 Å². The molecule has 2 N–H and O–H groups in total. The van der Waals surface area contributed by atoms with E-state index in [1.165, 1.54) is 11.3 Å². The molecule has 0 spiro atoms. The summed E-state index contributed by atoms with van der Waals surface area (Å²) >= 11 is 1.39. The molecule has 1 aromatic heterocycles. The molecular formula is C13H19NO3S. The molecule has 0 saturated carbocycles. The largest absolute Gasteiger partial charge is 0.481 e. The summed E-state index contributed by atoms with van der Waals surface area (Å²) in [6, 6.07) is 3.20. The van der Waals surface area contributed by atoms with Gasteiger partial charge in [0.25, 0.3) is 0 Å². The minimum Gasteiger partial charge on any atom is -0.481 e. The third-order valence-corrected chi connectivity index (χ3v) is 3.38. The Bertz CT molecular complexity index is 387. The van der Waals surface area contributed by atoms with Crippen LogP contribution in [0.4, 0.5) is 0 Å². The Morgan fingerprint density at radius 1 is 1.44 bits per heavy atom. The lowest BCUT2D eigenvalue weighted by atomic mass is 10.0. The van der Waals surface area contributed by atoms with Crippen LogP contribution in [0.15, 0.2) is 17.5 Å². The Hall–Kier alpha value is -1.20. The van der Waals surface area contributed by atoms with Gasteiger partial charge in [0.2, 0.25) is 0 Å². The molecule has 0 bridgehead atoms. The van der Waals surface area contributed by atoms with E-state index in [1.807, 2.05) is 11.4 Å². The third kappa shape index (κ3) is 4.98. The quantitative estimate of drug-likeness (QED) is 0.711. The molecule has 1 unspecified atom stereocenters. The van der Waals surface area contributed by atoms with Crippen LogP contribution >= 0.6 is 11.3 Å². The molecule has 0 radical (unpaired) electrons. The van der Waals surface area contributed by atoms with Crippen LogP contribution in [-0.2, 0) is 4.79 Å². The number of rotatable bonds is 8. The Labute approximate surface area is 111 Å². The molecule has 1 atom stereocenters. The second-order valence-corrected chi connectivity index (χ2v) is 5.58. The van der Waals surface area contributed by atoms with Crippen LogP contribution in [0.2, 0.25) is 0 Å². The van der Waals surface area contributed by atoms with E-state index in [4.69, 9.17) is 5.11 Å². The van der Waals surface area contributed by atoms with E-state index >= 15 is 0 Å². The van der Waals surface area contributed by atoms with E-state index in [0.29, 0.717) is 23.8 Å². The molecule has 1 aromatic rings. The number of carboxylic acid groups (broad SMARTS) is 1. The number of aliphatic carboxylic acids is 1. The number of Topliss-reactive ketones (excluding diaryl/α,β-unsaturated/α-hetero) is 1. The molecule has 0 amide bonds. The van der Waals surface area contributed by atoms with Gasteiger partial charge in [-0.1, -0.05) is 19.9 Å². The summed E-state index contributed by atoms with van der Waals surface area (Å²) < 4.78 is 0. The van der Waals surface area contributed by atoms with Gasteiger partial charge in [0.05, 0.1) is 10.9 Å². The lowest BCUT2D eigenvalue weighted by Gasteiger charge is -2.17. The molecule has 5 heteroatoms. The van der Waals surface area contributed by atoms with Crippen molar-refractivity contribution in [2.45, 2.75) is 32.7 Å². The van der Waals surface area contributed by atoms with Crippen molar-refractivity contribution in [3.63, 3.8) is 0 Å². The van der Waals surface area contributed by atoms with Crippen molar-refractivity contribution in [2.75, 3.05) is 6.54 Å². The van der Waals surface area contributed by atoms with Crippen molar-refractivity contribution in [3.05, 3.63) is 22.4 Å². The van der Waals surface area contributed by atoms with Crippen LogP contribution in [-0.4, -0.2) is 29.4 Å². The second kappa shape index (κ2) is 7.28. The fourth-order valence-electron chi connectivity index (χ4n) is 1.56. The monoisotopic (exact) mass is 269 g/mol. The number of ketones is 1. The van der Waals surface area contributed by atoms with E-state index in [1.54, 1.807) is 6.07 Å². The first-order chi connectivity index (χ1) is 8.50. The first kappa shape index (κ1) is 14.9. The second-order valence-electron chi connectivity index (χ2n) is 4.63. The Balaban J connectivity index is 2.63. The van der Waals surface area contributed by atoms with Crippen molar-refractivity contribution in [1.82, 2.24) is 5.32 Å². The SMILES string of the molecule is CC(C)CNC(CCC(=O)O)C(=O)c1cccs1. The van der Waals surface area contributed by atoms with E-state index in [9.17, 15) is 9.59 Å². The number of hydrogen-bond acceptors (Lipinski definition) is 4. The van der Waals surface area contributed by atoms with Crippen molar-refractivity contribution >= 4 is 23.1 Å². The zero-order valence-corrected chi connectivity index (χ0v) is 11.5. The Morgan fingerprint density at radius 2 is 2.17 bits per heavy atom. The highest BCUT2D eigenvalue weighted by Crippen LogP contribution is 2.14. The topological polar surface area (TPSA) is 66.4 Å². The van der Waals surface area contributed by atoms with Gasteiger partial charge in [-0.05, 0) is 30.3 Å². The Kier molecular flexibility index (Phi) is 6.01. The highest BCUT2D eigenvalue weighted by Gasteiger charge is 2.21. The van der Waals surface area contributed by atoms with Crippen LogP contribution in [0.5, 0.6) is 0 Å². The van der Waals surface area contributed by atoms with Gasteiger partial charge in [0.15, 0.2) is 5.78 Å². The zero-order chi connectivity index (χ0) is 13.5. The van der Waals surface area contributed by atoms with Gasteiger partial charge >= 0.3 is 5.97 Å². The lowest BCUT2D eigenvalue weighted by molar-refractivity contribution is -0.137. The average molecular weight is 269 g/mol. The van der Waals surface area contributed by atoms with E-state index in [-0.39, 0.29) is 12.2 Å². The Morgan fingerprint density at radius 3 is 2.67 bits per heavy atom. The summed E-state index contributed by atoms with van der Waals surface area (Å²) in [7, 11) is 0. The fourth-order valence-corrected chi connectivity index (χ4v) is 2.28. The van der Waals surface area contributed by atoms with Crippen LogP contribution < -0.4 is 5.32 Å². The minimum absolute atomic E-state index is 0.00682. The van der Waals surface area contributed by atoms with Gasteiger partial charge in [0.1, 0.15) is 0 Å². The zero-order valence-electron chi connectivity index (χ0n) is 10.7. The first-order valence-electron chi connectivity index (χ1n) is 6.03. The lowest BCUT2D eigenvalue weighted by Crippen LogP contribution is -2.39. The number of carbonyl (C=O) groups excluding carboxylic acids is 1. The summed E-state index contributed by atoms with van der Waals surface area (Å²) in [5.74, 6) is -0.453. The maximum Gasteiger partial charge on any atom is 0.303 e. The molecule has 0 aliphatic heterocycles. The maximum atomic E-state index is 12.2. The highest BCUT2D eigenvalue weighted by molar-refractivity contribution is 7.12. The summed E-state index contributed by atoms with van der Waals surface area (Å²) in [4.78, 5) is 23.5. The van der Waals surface area contributed by atoms with E-state index < -0.39 is 12.0 Å². The van der Waals surface area contributed by atoms with Gasteiger partial charge in [-0.2, -0.15) is 0 Å². The minimum atomic E-state index is -0.870. The number of carbonyl (C=O) groups is 2. The molecular weight excluding hydrogens is 250 g/mol. The molecule has 100 valence electrons. The molecule has 0 aliphatic carbocycles. The number of nitrogens with one attached hydrogen (secondary N) is 1. The molecule has 0 aliphatic rings. The normalized spacial score (nSPS) is 12.6. The van der Waals surface area contributed by atoms with E-state index in [2.05, 4.69) is 19.2 Å². The molecule has 0 fully saturated rings. The van der Waals surface area contributed by atoms with Crippen LogP contribution in [0.1, 0.15) is 36.4 Å². The van der Waals surface area contributed by atoms with Crippen molar-refractivity contribution in [3.8, 4) is 0 Å². The molecule has 4 nitrogen and oxygen atoms in total.